The first-order valence-corrected chi connectivity index (χ1v) is 8.23. The highest BCUT2D eigenvalue weighted by Crippen LogP contribution is 2.20. The molecule has 3 rings (SSSR count). The van der Waals surface area contributed by atoms with Gasteiger partial charge in [-0.3, -0.25) is 19.8 Å². The van der Waals surface area contributed by atoms with Crippen molar-refractivity contribution in [1.29, 1.82) is 0 Å². The second-order valence-corrected chi connectivity index (χ2v) is 6.11. The van der Waals surface area contributed by atoms with Crippen molar-refractivity contribution in [1.82, 2.24) is 15.1 Å². The Morgan fingerprint density at radius 2 is 2.08 bits per heavy atom. The molecule has 9 heteroatoms. The number of rotatable bonds is 5. The van der Waals surface area contributed by atoms with Gasteiger partial charge in [-0.05, 0) is 12.5 Å². The van der Waals surface area contributed by atoms with Gasteiger partial charge in [0.05, 0.1) is 11.0 Å². The van der Waals surface area contributed by atoms with E-state index in [-0.39, 0.29) is 30.6 Å². The second kappa shape index (κ2) is 8.98. The monoisotopic (exact) mass is 370 g/mol. The maximum Gasteiger partial charge on any atom is 0.273 e. The number of amides is 1. The zero-order valence-electron chi connectivity index (χ0n) is 13.9. The highest BCUT2D eigenvalue weighted by Gasteiger charge is 2.30. The molecule has 25 heavy (non-hydrogen) atoms. The predicted octanol–water partition coefficient (Wildman–Crippen LogP) is 0.901. The first-order chi connectivity index (χ1) is 11.6. The fourth-order valence-electron chi connectivity index (χ4n) is 3.24. The van der Waals surface area contributed by atoms with Crippen molar-refractivity contribution in [3.63, 3.8) is 0 Å². The number of nitro benzene ring substituents is 1. The quantitative estimate of drug-likeness (QED) is 0.612. The molecule has 0 radical (unpaired) electrons. The number of hydrogen-bond acceptors (Lipinski definition) is 6. The lowest BCUT2D eigenvalue weighted by Crippen LogP contribution is -2.49. The summed E-state index contributed by atoms with van der Waals surface area (Å²) in [6.07, 6.45) is 0.989. The van der Waals surface area contributed by atoms with Crippen LogP contribution in [0.1, 0.15) is 6.42 Å². The summed E-state index contributed by atoms with van der Waals surface area (Å²) in [4.78, 5) is 26.8. The fraction of sp³-hybridized carbons (Fsp3) is 0.562. The number of halogens is 1. The van der Waals surface area contributed by atoms with E-state index in [2.05, 4.69) is 10.2 Å². The number of likely N-dealkylation sites (tertiary alicyclic amines) is 1. The lowest BCUT2D eigenvalue weighted by Gasteiger charge is -2.32. The lowest BCUT2D eigenvalue weighted by molar-refractivity contribution is -0.384. The van der Waals surface area contributed by atoms with E-state index in [1.807, 2.05) is 4.90 Å². The number of nitrogens with one attached hydrogen (secondary N) is 1. The number of benzene rings is 1. The van der Waals surface area contributed by atoms with E-state index in [1.54, 1.807) is 12.1 Å². The molecule has 1 N–H and O–H groups in total. The van der Waals surface area contributed by atoms with Crippen LogP contribution in [0.15, 0.2) is 24.3 Å². The standard InChI is InChI=1S/C16H22N4O4.ClH/c21-16(12-24-15-3-1-2-13(10-15)20(22)23)19-7-4-14(11-19)18-8-5-17-6-9-18;/h1-3,10,14,17H,4-9,11-12H2;1H. The summed E-state index contributed by atoms with van der Waals surface area (Å²) in [6.45, 7) is 5.44. The molecule has 0 spiro atoms. The first kappa shape index (κ1) is 19.4. The molecule has 2 aliphatic heterocycles. The van der Waals surface area contributed by atoms with Gasteiger partial charge in [-0.2, -0.15) is 0 Å². The topological polar surface area (TPSA) is 87.9 Å². The highest BCUT2D eigenvalue weighted by molar-refractivity contribution is 5.85. The van der Waals surface area contributed by atoms with Crippen molar-refractivity contribution in [2.75, 3.05) is 45.9 Å². The van der Waals surface area contributed by atoms with Crippen molar-refractivity contribution in [3.8, 4) is 5.75 Å². The molecule has 1 unspecified atom stereocenters. The van der Waals surface area contributed by atoms with Crippen molar-refractivity contribution < 1.29 is 14.5 Å². The summed E-state index contributed by atoms with van der Waals surface area (Å²) in [6, 6.07) is 6.32. The molecular formula is C16H23ClN4O4. The van der Waals surface area contributed by atoms with Gasteiger partial charge in [0.1, 0.15) is 5.75 Å². The average Bonchev–Trinajstić information content (AvgIpc) is 3.11. The number of nitrogens with zero attached hydrogens (tertiary/aromatic N) is 3. The number of ether oxygens (including phenoxy) is 1. The Labute approximate surface area is 152 Å². The van der Waals surface area contributed by atoms with Crippen LogP contribution in [0.5, 0.6) is 5.75 Å². The van der Waals surface area contributed by atoms with Crippen molar-refractivity contribution in [3.05, 3.63) is 34.4 Å². The van der Waals surface area contributed by atoms with Crippen LogP contribution in [0.3, 0.4) is 0 Å². The Kier molecular flexibility index (Phi) is 6.98. The molecule has 0 bridgehead atoms. The minimum Gasteiger partial charge on any atom is -0.484 e. The normalized spacial score (nSPS) is 20.8. The van der Waals surface area contributed by atoms with Crippen molar-refractivity contribution in [2.45, 2.75) is 12.5 Å². The van der Waals surface area contributed by atoms with Crippen LogP contribution < -0.4 is 10.1 Å². The smallest absolute Gasteiger partial charge is 0.273 e. The van der Waals surface area contributed by atoms with Crippen LogP contribution in [0.2, 0.25) is 0 Å². The summed E-state index contributed by atoms with van der Waals surface area (Å²) in [5.74, 6) is 0.273. The molecule has 2 fully saturated rings. The highest BCUT2D eigenvalue weighted by atomic mass is 35.5. The molecule has 1 aromatic carbocycles. The Balaban J connectivity index is 0.00000225. The number of hydrogen-bond donors (Lipinski definition) is 1. The fourth-order valence-corrected chi connectivity index (χ4v) is 3.24. The summed E-state index contributed by atoms with van der Waals surface area (Å²) < 4.78 is 5.43. The van der Waals surface area contributed by atoms with E-state index in [0.29, 0.717) is 11.8 Å². The van der Waals surface area contributed by atoms with Crippen LogP contribution in [-0.2, 0) is 4.79 Å². The summed E-state index contributed by atoms with van der Waals surface area (Å²) >= 11 is 0. The molecule has 8 nitrogen and oxygen atoms in total. The summed E-state index contributed by atoms with van der Waals surface area (Å²) in [5.41, 5.74) is -0.0418. The van der Waals surface area contributed by atoms with Gasteiger partial charge in [0.2, 0.25) is 0 Å². The van der Waals surface area contributed by atoms with Crippen LogP contribution in [0.25, 0.3) is 0 Å². The van der Waals surface area contributed by atoms with E-state index in [9.17, 15) is 14.9 Å². The molecule has 138 valence electrons. The third kappa shape index (κ3) is 5.04. The lowest BCUT2D eigenvalue weighted by atomic mass is 10.2. The number of carbonyl (C=O) groups excluding carboxylic acids is 1. The number of non-ortho nitro benzene ring substituents is 1. The van der Waals surface area contributed by atoms with Crippen LogP contribution in [0, 0.1) is 10.1 Å². The predicted molar refractivity (Wildman–Crippen MR) is 95.3 cm³/mol. The zero-order chi connectivity index (χ0) is 16.9. The van der Waals surface area contributed by atoms with E-state index in [1.165, 1.54) is 12.1 Å². The number of piperazine rings is 1. The van der Waals surface area contributed by atoms with Gasteiger partial charge in [-0.1, -0.05) is 6.07 Å². The van der Waals surface area contributed by atoms with Gasteiger partial charge >= 0.3 is 0 Å². The van der Waals surface area contributed by atoms with E-state index < -0.39 is 4.92 Å². The van der Waals surface area contributed by atoms with Crippen LogP contribution in [-0.4, -0.2) is 72.5 Å². The van der Waals surface area contributed by atoms with Gasteiger partial charge in [0.15, 0.2) is 6.61 Å². The SMILES string of the molecule is Cl.O=C(COc1cccc([N+](=O)[O-])c1)N1CCC(N2CCNCC2)C1. The maximum atomic E-state index is 12.3. The third-order valence-corrected chi connectivity index (χ3v) is 4.57. The Hall–Kier alpha value is -1.90. The van der Waals surface area contributed by atoms with Gasteiger partial charge in [-0.15, -0.1) is 12.4 Å². The summed E-state index contributed by atoms with van der Waals surface area (Å²) in [7, 11) is 0. The molecule has 1 atom stereocenters. The minimum absolute atomic E-state index is 0. The Bertz CT molecular complexity index is 610. The number of carbonyl (C=O) groups is 1. The molecule has 1 amide bonds. The molecule has 2 saturated heterocycles. The molecule has 0 saturated carbocycles. The van der Waals surface area contributed by atoms with Crippen molar-refractivity contribution in [2.24, 2.45) is 0 Å². The molecular weight excluding hydrogens is 348 g/mol. The second-order valence-electron chi connectivity index (χ2n) is 6.11. The largest absolute Gasteiger partial charge is 0.484 e. The Morgan fingerprint density at radius 1 is 1.32 bits per heavy atom. The van der Waals surface area contributed by atoms with Crippen LogP contribution >= 0.6 is 12.4 Å². The molecule has 2 heterocycles. The van der Waals surface area contributed by atoms with Crippen LogP contribution in [0.4, 0.5) is 5.69 Å². The van der Waals surface area contributed by atoms with Gasteiger partial charge in [0, 0.05) is 51.4 Å². The summed E-state index contributed by atoms with van der Waals surface area (Å²) in [5, 5.41) is 14.1. The zero-order valence-corrected chi connectivity index (χ0v) is 14.7. The van der Waals surface area contributed by atoms with Crippen molar-refractivity contribution >= 4 is 24.0 Å². The van der Waals surface area contributed by atoms with E-state index in [0.717, 1.165) is 45.7 Å². The maximum absolute atomic E-state index is 12.3. The molecule has 1 aromatic rings. The minimum atomic E-state index is -0.479. The molecule has 2 aliphatic rings. The molecule has 0 aliphatic carbocycles. The first-order valence-electron chi connectivity index (χ1n) is 8.23. The van der Waals surface area contributed by atoms with E-state index in [4.69, 9.17) is 4.74 Å². The average molecular weight is 371 g/mol. The van der Waals surface area contributed by atoms with Gasteiger partial charge in [0.25, 0.3) is 11.6 Å². The Morgan fingerprint density at radius 3 is 2.80 bits per heavy atom. The third-order valence-electron chi connectivity index (χ3n) is 4.57. The van der Waals surface area contributed by atoms with Gasteiger partial charge < -0.3 is 15.0 Å². The number of nitro groups is 1. The van der Waals surface area contributed by atoms with E-state index >= 15 is 0 Å². The molecule has 0 aromatic heterocycles. The van der Waals surface area contributed by atoms with Gasteiger partial charge in [-0.25, -0.2) is 0 Å².